The van der Waals surface area contributed by atoms with Gasteiger partial charge in [0.05, 0.1) is 34.3 Å². The lowest BCUT2D eigenvalue weighted by Crippen LogP contribution is -2.12. The Hall–Kier alpha value is -3.95. The first-order chi connectivity index (χ1) is 17.4. The highest BCUT2D eigenvalue weighted by molar-refractivity contribution is 6.52. The molecular formula is C26H22Cl2N2O7. The van der Waals surface area contributed by atoms with Gasteiger partial charge in [-0.3, -0.25) is 33.7 Å². The largest absolute Gasteiger partial charge is 0.321 e. The Bertz CT molecular complexity index is 1480. The number of H-pyrrole nitrogens is 1. The Balaban J connectivity index is 0.000000173. The summed E-state index contributed by atoms with van der Waals surface area (Å²) in [5, 5.41) is 4.43. The minimum absolute atomic E-state index is 0.0621. The normalized spacial score (nSPS) is 13.1. The zero-order valence-corrected chi connectivity index (χ0v) is 21.8. The number of amides is 1. The molecule has 2 aliphatic heterocycles. The number of benzene rings is 2. The average molecular weight is 545 g/mol. The molecule has 0 saturated carbocycles. The lowest BCUT2D eigenvalue weighted by molar-refractivity contribution is -0.171. The second-order valence-corrected chi connectivity index (χ2v) is 9.10. The summed E-state index contributed by atoms with van der Waals surface area (Å²) in [6, 6.07) is 10.1. The van der Waals surface area contributed by atoms with Crippen LogP contribution in [-0.4, -0.2) is 34.0 Å². The number of nitrogens with one attached hydrogen (secondary N) is 2. The van der Waals surface area contributed by atoms with Crippen molar-refractivity contribution in [2.24, 2.45) is 0 Å². The number of allylic oxidation sites excluding steroid dienone is 2. The second kappa shape index (κ2) is 11.4. The Kier molecular flexibility index (Phi) is 8.52. The fourth-order valence-electron chi connectivity index (χ4n) is 3.67. The van der Waals surface area contributed by atoms with Crippen LogP contribution in [0.1, 0.15) is 50.0 Å². The molecule has 0 atom stereocenters. The first-order valence-corrected chi connectivity index (χ1v) is 11.7. The first-order valence-electron chi connectivity index (χ1n) is 10.9. The molecule has 37 heavy (non-hydrogen) atoms. The summed E-state index contributed by atoms with van der Waals surface area (Å²) in [5.41, 5.74) is 2.97. The van der Waals surface area contributed by atoms with Crippen molar-refractivity contribution in [3.8, 4) is 5.88 Å². The lowest BCUT2D eigenvalue weighted by atomic mass is 10.00. The Labute approximate surface area is 221 Å². The number of fused-ring (bicyclic) bond motifs is 4. The number of aromatic amines is 1. The fourth-order valence-corrected chi connectivity index (χ4v) is 4.02. The van der Waals surface area contributed by atoms with Gasteiger partial charge in [0.25, 0.3) is 17.6 Å². The Morgan fingerprint density at radius 2 is 1.51 bits per heavy atom. The molecule has 2 N–H and O–H groups in total. The zero-order valence-electron chi connectivity index (χ0n) is 20.3. The van der Waals surface area contributed by atoms with Crippen LogP contribution in [0.3, 0.4) is 0 Å². The van der Waals surface area contributed by atoms with Gasteiger partial charge >= 0.3 is 0 Å². The number of hydrogen-bond donors (Lipinski definition) is 2. The summed E-state index contributed by atoms with van der Waals surface area (Å²) < 4.78 is 0. The third-order valence-corrected chi connectivity index (χ3v) is 5.58. The maximum Gasteiger partial charge on any atom is 0.296 e. The summed E-state index contributed by atoms with van der Waals surface area (Å²) in [7, 11) is 0. The molecule has 5 rings (SSSR count). The van der Waals surface area contributed by atoms with Crippen LogP contribution in [0, 0.1) is 0 Å². The SMILES string of the molecule is CC(=O)C1=C(C)OOc2[nH]c3cc(Cl)ccc3c21.CC(=O)CC(C)=O.O=C1Nc2cc(Cl)ccc2C1=O. The summed E-state index contributed by atoms with van der Waals surface area (Å²) in [6.45, 7) is 6.02. The van der Waals surface area contributed by atoms with Crippen molar-refractivity contribution in [2.45, 2.75) is 34.1 Å². The van der Waals surface area contributed by atoms with Crippen LogP contribution in [0.5, 0.6) is 5.88 Å². The third kappa shape index (κ3) is 6.44. The molecule has 11 heteroatoms. The molecule has 0 fully saturated rings. The molecule has 1 aromatic heterocycles. The second-order valence-electron chi connectivity index (χ2n) is 8.23. The average Bonchev–Trinajstić information content (AvgIpc) is 3.29. The predicted molar refractivity (Wildman–Crippen MR) is 139 cm³/mol. The van der Waals surface area contributed by atoms with Crippen LogP contribution < -0.4 is 10.2 Å². The number of rotatable bonds is 3. The molecule has 0 unspecified atom stereocenters. The van der Waals surface area contributed by atoms with Gasteiger partial charge in [-0.25, -0.2) is 0 Å². The van der Waals surface area contributed by atoms with Crippen LogP contribution in [0.25, 0.3) is 16.5 Å². The third-order valence-electron chi connectivity index (χ3n) is 5.11. The van der Waals surface area contributed by atoms with Crippen molar-refractivity contribution >= 4 is 74.4 Å². The summed E-state index contributed by atoms with van der Waals surface area (Å²) in [4.78, 5) is 66.9. The number of hydrogen-bond acceptors (Lipinski definition) is 7. The van der Waals surface area contributed by atoms with Crippen molar-refractivity contribution in [3.63, 3.8) is 0 Å². The van der Waals surface area contributed by atoms with Crippen LogP contribution in [0.2, 0.25) is 10.0 Å². The molecule has 0 saturated heterocycles. The molecule has 0 radical (unpaired) electrons. The minimum atomic E-state index is -0.590. The van der Waals surface area contributed by atoms with Gasteiger partial charge in [0.2, 0.25) is 0 Å². The number of anilines is 1. The number of aromatic nitrogens is 1. The maximum absolute atomic E-state index is 11.7. The number of carbonyl (C=O) groups is 5. The van der Waals surface area contributed by atoms with E-state index in [1.165, 1.54) is 26.8 Å². The molecule has 2 aromatic carbocycles. The smallest absolute Gasteiger partial charge is 0.296 e. The van der Waals surface area contributed by atoms with Crippen LogP contribution in [0.4, 0.5) is 5.69 Å². The molecule has 0 spiro atoms. The van der Waals surface area contributed by atoms with Crippen molar-refractivity contribution < 1.29 is 33.7 Å². The summed E-state index contributed by atoms with van der Waals surface area (Å²) >= 11 is 11.6. The van der Waals surface area contributed by atoms with Crippen molar-refractivity contribution in [3.05, 3.63) is 63.3 Å². The zero-order chi connectivity index (χ0) is 27.4. The number of Topliss-reactive ketones (excluding diaryl/α,β-unsaturated/α-hetero) is 4. The van der Waals surface area contributed by atoms with Gasteiger partial charge in [0.1, 0.15) is 11.6 Å². The van der Waals surface area contributed by atoms with Gasteiger partial charge in [-0.2, -0.15) is 0 Å². The maximum atomic E-state index is 11.7. The highest BCUT2D eigenvalue weighted by Crippen LogP contribution is 2.40. The van der Waals surface area contributed by atoms with E-state index < -0.39 is 11.7 Å². The van der Waals surface area contributed by atoms with E-state index in [1.54, 1.807) is 31.2 Å². The molecule has 3 aromatic rings. The van der Waals surface area contributed by atoms with E-state index >= 15 is 0 Å². The van der Waals surface area contributed by atoms with E-state index in [4.69, 9.17) is 33.0 Å². The molecule has 192 valence electrons. The van der Waals surface area contributed by atoms with Gasteiger partial charge in [-0.05, 0) is 58.0 Å². The molecular weight excluding hydrogens is 523 g/mol. The van der Waals surface area contributed by atoms with Gasteiger partial charge in [-0.15, -0.1) is 0 Å². The topological polar surface area (TPSA) is 132 Å². The van der Waals surface area contributed by atoms with E-state index in [9.17, 15) is 24.0 Å². The number of ketones is 4. The van der Waals surface area contributed by atoms with Gasteiger partial charge < -0.3 is 10.3 Å². The van der Waals surface area contributed by atoms with Crippen LogP contribution >= 0.6 is 23.2 Å². The van der Waals surface area contributed by atoms with Crippen LogP contribution in [-0.2, 0) is 24.1 Å². The van der Waals surface area contributed by atoms with E-state index in [2.05, 4.69) is 10.3 Å². The summed E-state index contributed by atoms with van der Waals surface area (Å²) in [5.74, 6) is -0.379. The highest BCUT2D eigenvalue weighted by Gasteiger charge is 2.28. The van der Waals surface area contributed by atoms with Gasteiger partial charge in [-0.1, -0.05) is 29.3 Å². The quantitative estimate of drug-likeness (QED) is 0.253. The molecule has 9 nitrogen and oxygen atoms in total. The Morgan fingerprint density at radius 3 is 2.11 bits per heavy atom. The molecule has 1 amide bonds. The monoisotopic (exact) mass is 544 g/mol. The van der Waals surface area contributed by atoms with Crippen molar-refractivity contribution in [1.82, 2.24) is 4.98 Å². The summed E-state index contributed by atoms with van der Waals surface area (Å²) in [6.07, 6.45) is 0.0833. The van der Waals surface area contributed by atoms with E-state index in [1.807, 2.05) is 6.07 Å². The highest BCUT2D eigenvalue weighted by atomic mass is 35.5. The van der Waals surface area contributed by atoms with Crippen LogP contribution in [0.15, 0.2) is 42.2 Å². The number of carbonyl (C=O) groups excluding carboxylic acids is 5. The lowest BCUT2D eigenvalue weighted by Gasteiger charge is -2.16. The first kappa shape index (κ1) is 27.6. The van der Waals surface area contributed by atoms with Gasteiger partial charge in [0.15, 0.2) is 11.5 Å². The molecule has 2 aliphatic rings. The van der Waals surface area contributed by atoms with Gasteiger partial charge in [0, 0.05) is 15.4 Å². The van der Waals surface area contributed by atoms with E-state index in [0.29, 0.717) is 38.5 Å². The van der Waals surface area contributed by atoms with E-state index in [-0.39, 0.29) is 23.8 Å². The minimum Gasteiger partial charge on any atom is -0.321 e. The van der Waals surface area contributed by atoms with Crippen molar-refractivity contribution in [1.29, 1.82) is 0 Å². The molecule has 0 bridgehead atoms. The number of halogens is 2. The standard InChI is InChI=1S/C13H10ClNO3.C8H4ClNO2.C5H8O2/c1-6(16)11-7(2)17-18-13-12(11)9-4-3-8(14)5-10(9)15-13;9-4-1-2-5-6(3-4)10-8(12)7(5)11;1-4(6)3-5(2)7/h3-5,15H,1-2H3;1-3H,(H,10,11,12);3H2,1-2H3. The fraction of sp³-hybridized carbons (Fsp3) is 0.192. The molecule has 3 heterocycles. The molecule has 0 aliphatic carbocycles. The van der Waals surface area contributed by atoms with Crippen molar-refractivity contribution in [2.75, 3.05) is 5.32 Å². The van der Waals surface area contributed by atoms with E-state index in [0.717, 1.165) is 16.5 Å². The predicted octanol–water partition coefficient (Wildman–Crippen LogP) is 5.49. The Morgan fingerprint density at radius 1 is 0.892 bits per heavy atom.